The number of carbonyl (C=O) groups excluding carboxylic acids is 3. The van der Waals surface area contributed by atoms with Crippen LogP contribution in [0.1, 0.15) is 33.6 Å². The third-order valence-corrected chi connectivity index (χ3v) is 4.35. The Kier molecular flexibility index (Phi) is 2.76. The highest BCUT2D eigenvalue weighted by atomic mass is 16.2. The lowest BCUT2D eigenvalue weighted by molar-refractivity contribution is -0.126. The molecule has 0 bridgehead atoms. The minimum atomic E-state index is -0.690. The molecular formula is C17H14N2O3. The molecule has 2 heterocycles. The van der Waals surface area contributed by atoms with E-state index in [1.807, 2.05) is 24.3 Å². The Labute approximate surface area is 126 Å². The molecule has 1 atom stereocenters. The quantitative estimate of drug-likeness (QED) is 0.814. The van der Waals surface area contributed by atoms with E-state index < -0.39 is 6.04 Å². The lowest BCUT2D eigenvalue weighted by Crippen LogP contribution is -2.52. The maximum Gasteiger partial charge on any atom is 0.262 e. The van der Waals surface area contributed by atoms with Gasteiger partial charge in [0.2, 0.25) is 5.91 Å². The van der Waals surface area contributed by atoms with Gasteiger partial charge in [0.15, 0.2) is 0 Å². The molecule has 0 spiro atoms. The summed E-state index contributed by atoms with van der Waals surface area (Å²) in [6.07, 6.45) is 1.29. The van der Waals surface area contributed by atoms with Crippen molar-refractivity contribution in [2.75, 3.05) is 6.54 Å². The summed E-state index contributed by atoms with van der Waals surface area (Å²) in [5, 5.41) is 4.55. The molecule has 5 nitrogen and oxygen atoms in total. The van der Waals surface area contributed by atoms with E-state index in [0.29, 0.717) is 24.1 Å². The zero-order chi connectivity index (χ0) is 15.3. The van der Waals surface area contributed by atoms with E-state index in [2.05, 4.69) is 5.32 Å². The largest absolute Gasteiger partial charge is 0.354 e. The first-order chi connectivity index (χ1) is 10.7. The summed E-state index contributed by atoms with van der Waals surface area (Å²) in [4.78, 5) is 38.4. The predicted octanol–water partition coefficient (Wildman–Crippen LogP) is 1.71. The van der Waals surface area contributed by atoms with Crippen LogP contribution in [0.15, 0.2) is 36.4 Å². The zero-order valence-corrected chi connectivity index (χ0v) is 11.8. The third-order valence-electron chi connectivity index (χ3n) is 4.35. The smallest absolute Gasteiger partial charge is 0.262 e. The summed E-state index contributed by atoms with van der Waals surface area (Å²) in [7, 11) is 0. The number of carbonyl (C=O) groups is 3. The van der Waals surface area contributed by atoms with Crippen molar-refractivity contribution in [1.82, 2.24) is 10.2 Å². The molecule has 2 aromatic rings. The lowest BCUT2D eigenvalue weighted by atomic mass is 10.0. The summed E-state index contributed by atoms with van der Waals surface area (Å²) >= 11 is 0. The first kappa shape index (κ1) is 13.0. The van der Waals surface area contributed by atoms with Crippen molar-refractivity contribution in [2.45, 2.75) is 18.9 Å². The second kappa shape index (κ2) is 4.66. The number of nitrogens with zero attached hydrogens (tertiary/aromatic N) is 1. The zero-order valence-electron chi connectivity index (χ0n) is 11.8. The molecule has 22 heavy (non-hydrogen) atoms. The molecule has 2 aromatic carbocycles. The Morgan fingerprint density at radius 3 is 2.09 bits per heavy atom. The molecule has 4 rings (SSSR count). The van der Waals surface area contributed by atoms with E-state index in [1.165, 1.54) is 0 Å². The van der Waals surface area contributed by atoms with E-state index in [-0.39, 0.29) is 17.7 Å². The van der Waals surface area contributed by atoms with Gasteiger partial charge in [-0.1, -0.05) is 24.3 Å². The number of rotatable bonds is 1. The van der Waals surface area contributed by atoms with Crippen molar-refractivity contribution >= 4 is 28.5 Å². The van der Waals surface area contributed by atoms with Crippen LogP contribution in [-0.2, 0) is 4.79 Å². The van der Waals surface area contributed by atoms with Gasteiger partial charge in [-0.05, 0) is 35.7 Å². The normalized spacial score (nSPS) is 21.2. The number of imide groups is 1. The summed E-state index contributed by atoms with van der Waals surface area (Å²) in [6, 6.07) is 10.4. The lowest BCUT2D eigenvalue weighted by Gasteiger charge is -2.28. The van der Waals surface area contributed by atoms with Crippen molar-refractivity contribution in [2.24, 2.45) is 0 Å². The molecular weight excluding hydrogens is 280 g/mol. The van der Waals surface area contributed by atoms with Crippen LogP contribution in [0.25, 0.3) is 10.8 Å². The predicted molar refractivity (Wildman–Crippen MR) is 80.5 cm³/mol. The van der Waals surface area contributed by atoms with Crippen LogP contribution < -0.4 is 5.32 Å². The first-order valence-electron chi connectivity index (χ1n) is 7.35. The van der Waals surface area contributed by atoms with Crippen LogP contribution in [0, 0.1) is 0 Å². The minimum absolute atomic E-state index is 0.245. The number of amides is 3. The van der Waals surface area contributed by atoms with Gasteiger partial charge in [-0.2, -0.15) is 0 Å². The average molecular weight is 294 g/mol. The van der Waals surface area contributed by atoms with Gasteiger partial charge >= 0.3 is 0 Å². The molecule has 0 radical (unpaired) electrons. The number of benzene rings is 2. The number of fused-ring (bicyclic) bond motifs is 2. The number of hydrogen-bond acceptors (Lipinski definition) is 3. The highest BCUT2D eigenvalue weighted by Crippen LogP contribution is 2.30. The second-order valence-corrected chi connectivity index (χ2v) is 5.67. The van der Waals surface area contributed by atoms with E-state index in [4.69, 9.17) is 0 Å². The van der Waals surface area contributed by atoms with Crippen LogP contribution in [0.4, 0.5) is 0 Å². The fourth-order valence-corrected chi connectivity index (χ4v) is 3.23. The molecule has 0 unspecified atom stereocenters. The molecule has 110 valence electrons. The maximum atomic E-state index is 12.6. The molecule has 1 saturated heterocycles. The summed E-state index contributed by atoms with van der Waals surface area (Å²) < 4.78 is 0. The SMILES string of the molecule is O=C1NCCC[C@@H]1N1C(=O)c2cc3ccccc3cc2C1=O. The van der Waals surface area contributed by atoms with Gasteiger partial charge in [0.1, 0.15) is 6.04 Å². The van der Waals surface area contributed by atoms with E-state index in [1.54, 1.807) is 12.1 Å². The second-order valence-electron chi connectivity index (χ2n) is 5.67. The monoisotopic (exact) mass is 294 g/mol. The van der Waals surface area contributed by atoms with Gasteiger partial charge in [0.25, 0.3) is 11.8 Å². The van der Waals surface area contributed by atoms with E-state index >= 15 is 0 Å². The van der Waals surface area contributed by atoms with Crippen LogP contribution in [0.5, 0.6) is 0 Å². The van der Waals surface area contributed by atoms with Crippen molar-refractivity contribution in [1.29, 1.82) is 0 Å². The van der Waals surface area contributed by atoms with Gasteiger partial charge in [-0.25, -0.2) is 0 Å². The highest BCUT2D eigenvalue weighted by Gasteiger charge is 2.43. The standard InChI is InChI=1S/C17H14N2O3/c20-15-14(6-3-7-18-15)19-16(21)12-8-10-4-1-2-5-11(10)9-13(12)17(19)22/h1-2,4-5,8-9,14H,3,6-7H2,(H,18,20)/t14-/m0/s1. The van der Waals surface area contributed by atoms with Gasteiger partial charge < -0.3 is 5.32 Å². The molecule has 0 saturated carbocycles. The molecule has 0 aromatic heterocycles. The highest BCUT2D eigenvalue weighted by molar-refractivity contribution is 6.24. The van der Waals surface area contributed by atoms with Crippen LogP contribution in [0.3, 0.4) is 0 Å². The molecule has 2 aliphatic rings. The number of piperidine rings is 1. The summed E-state index contributed by atoms with van der Waals surface area (Å²) in [6.45, 7) is 0.600. The molecule has 1 N–H and O–H groups in total. The molecule has 5 heteroatoms. The number of nitrogens with one attached hydrogen (secondary N) is 1. The van der Waals surface area contributed by atoms with Gasteiger partial charge in [0.05, 0.1) is 11.1 Å². The van der Waals surface area contributed by atoms with Crippen LogP contribution in [-0.4, -0.2) is 35.2 Å². The first-order valence-corrected chi connectivity index (χ1v) is 7.35. The average Bonchev–Trinajstić information content (AvgIpc) is 2.77. The van der Waals surface area contributed by atoms with Crippen molar-refractivity contribution in [3.8, 4) is 0 Å². The Balaban J connectivity index is 1.82. The number of hydrogen-bond donors (Lipinski definition) is 1. The fraction of sp³-hybridized carbons (Fsp3) is 0.235. The topological polar surface area (TPSA) is 66.5 Å². The van der Waals surface area contributed by atoms with Gasteiger partial charge in [-0.3, -0.25) is 19.3 Å². The molecule has 1 fully saturated rings. The fourth-order valence-electron chi connectivity index (χ4n) is 3.23. The van der Waals surface area contributed by atoms with Gasteiger partial charge in [-0.15, -0.1) is 0 Å². The molecule has 3 amide bonds. The molecule has 0 aliphatic carbocycles. The van der Waals surface area contributed by atoms with E-state index in [0.717, 1.165) is 22.1 Å². The third kappa shape index (κ3) is 1.75. The van der Waals surface area contributed by atoms with Crippen LogP contribution >= 0.6 is 0 Å². The maximum absolute atomic E-state index is 12.6. The minimum Gasteiger partial charge on any atom is -0.354 e. The van der Waals surface area contributed by atoms with Crippen molar-refractivity contribution < 1.29 is 14.4 Å². The Morgan fingerprint density at radius 2 is 1.55 bits per heavy atom. The summed E-state index contributed by atoms with van der Waals surface area (Å²) in [5.74, 6) is -0.981. The Morgan fingerprint density at radius 1 is 0.955 bits per heavy atom. The molecule has 2 aliphatic heterocycles. The Hall–Kier alpha value is -2.69. The van der Waals surface area contributed by atoms with E-state index in [9.17, 15) is 14.4 Å². The van der Waals surface area contributed by atoms with Crippen LogP contribution in [0.2, 0.25) is 0 Å². The summed E-state index contributed by atoms with van der Waals surface area (Å²) in [5.41, 5.74) is 0.782. The van der Waals surface area contributed by atoms with Crippen molar-refractivity contribution in [3.63, 3.8) is 0 Å². The Bertz CT molecular complexity index is 773. The van der Waals surface area contributed by atoms with Crippen molar-refractivity contribution in [3.05, 3.63) is 47.5 Å². The van der Waals surface area contributed by atoms with Gasteiger partial charge in [0, 0.05) is 6.54 Å².